The zero-order valence-electron chi connectivity index (χ0n) is 10.6. The highest BCUT2D eigenvalue weighted by Gasteiger charge is 2.39. The molecule has 1 aromatic heterocycles. The van der Waals surface area contributed by atoms with Gasteiger partial charge in [0, 0.05) is 25.0 Å². The first-order valence-corrected chi connectivity index (χ1v) is 7.08. The van der Waals surface area contributed by atoms with Crippen LogP contribution in [-0.2, 0) is 4.79 Å². The van der Waals surface area contributed by atoms with Crippen molar-refractivity contribution in [3.8, 4) is 0 Å². The summed E-state index contributed by atoms with van der Waals surface area (Å²) in [4.78, 5) is 18.3. The van der Waals surface area contributed by atoms with Crippen LogP contribution in [0.3, 0.4) is 0 Å². The maximum Gasteiger partial charge on any atom is 0.241 e. The number of benzene rings is 1. The van der Waals surface area contributed by atoms with Gasteiger partial charge in [-0.05, 0) is 11.6 Å². The highest BCUT2D eigenvalue weighted by molar-refractivity contribution is 8.00. The Bertz CT molecular complexity index is 573. The molecule has 0 bridgehead atoms. The standard InChI is InChI=1S/C15H14N2OS/c1-17-14(18)13(11-6-3-2-4-7-11)19-15(17)12-8-5-9-16-10-12/h2-10,13,15H,1H3/t13-,15-/m1/s1. The zero-order chi connectivity index (χ0) is 13.2. The minimum Gasteiger partial charge on any atom is -0.328 e. The van der Waals surface area contributed by atoms with Crippen LogP contribution in [0, 0.1) is 0 Å². The Morgan fingerprint density at radius 1 is 1.11 bits per heavy atom. The second-order valence-corrected chi connectivity index (χ2v) is 5.70. The monoisotopic (exact) mass is 270 g/mol. The molecule has 96 valence electrons. The van der Waals surface area contributed by atoms with Crippen LogP contribution < -0.4 is 0 Å². The van der Waals surface area contributed by atoms with E-state index in [4.69, 9.17) is 0 Å². The van der Waals surface area contributed by atoms with Gasteiger partial charge in [-0.1, -0.05) is 36.4 Å². The van der Waals surface area contributed by atoms with Gasteiger partial charge in [0.2, 0.25) is 5.91 Å². The Balaban J connectivity index is 1.90. The summed E-state index contributed by atoms with van der Waals surface area (Å²) < 4.78 is 0. The average Bonchev–Trinajstić information content (AvgIpc) is 2.77. The Labute approximate surface area is 116 Å². The Kier molecular flexibility index (Phi) is 3.25. The molecule has 3 nitrogen and oxygen atoms in total. The highest BCUT2D eigenvalue weighted by atomic mass is 32.2. The number of aromatic nitrogens is 1. The highest BCUT2D eigenvalue weighted by Crippen LogP contribution is 2.49. The van der Waals surface area contributed by atoms with Crippen molar-refractivity contribution >= 4 is 17.7 Å². The topological polar surface area (TPSA) is 33.2 Å². The Morgan fingerprint density at radius 3 is 2.53 bits per heavy atom. The largest absolute Gasteiger partial charge is 0.328 e. The van der Waals surface area contributed by atoms with E-state index < -0.39 is 0 Å². The minimum atomic E-state index is -0.114. The minimum absolute atomic E-state index is 0.0476. The SMILES string of the molecule is CN1C(=O)[C@@H](c2ccccc2)S[C@@H]1c1cccnc1. The molecule has 2 atom stereocenters. The van der Waals surface area contributed by atoms with Crippen LogP contribution in [0.15, 0.2) is 54.9 Å². The molecule has 0 saturated carbocycles. The predicted molar refractivity (Wildman–Crippen MR) is 76.5 cm³/mol. The van der Waals surface area contributed by atoms with Crippen molar-refractivity contribution < 1.29 is 4.79 Å². The van der Waals surface area contributed by atoms with Gasteiger partial charge in [0.25, 0.3) is 0 Å². The normalized spacial score (nSPS) is 22.8. The summed E-state index contributed by atoms with van der Waals surface area (Å²) in [6.07, 6.45) is 3.58. The molecule has 0 spiro atoms. The quantitative estimate of drug-likeness (QED) is 0.841. The van der Waals surface area contributed by atoms with Crippen molar-refractivity contribution in [2.75, 3.05) is 7.05 Å². The molecule has 2 aromatic rings. The van der Waals surface area contributed by atoms with Crippen molar-refractivity contribution in [3.05, 3.63) is 66.0 Å². The van der Waals surface area contributed by atoms with E-state index >= 15 is 0 Å². The van der Waals surface area contributed by atoms with Crippen LogP contribution in [-0.4, -0.2) is 22.8 Å². The van der Waals surface area contributed by atoms with Gasteiger partial charge in [0.1, 0.15) is 10.6 Å². The van der Waals surface area contributed by atoms with E-state index in [1.54, 1.807) is 22.9 Å². The molecular formula is C15H14N2OS. The van der Waals surface area contributed by atoms with Crippen LogP contribution in [0.5, 0.6) is 0 Å². The molecule has 19 heavy (non-hydrogen) atoms. The maximum absolute atomic E-state index is 12.4. The number of carbonyl (C=O) groups excluding carboxylic acids is 1. The van der Waals surface area contributed by atoms with E-state index in [0.29, 0.717) is 0 Å². The van der Waals surface area contributed by atoms with Gasteiger partial charge in [0.05, 0.1) is 0 Å². The van der Waals surface area contributed by atoms with Gasteiger partial charge in [-0.25, -0.2) is 0 Å². The lowest BCUT2D eigenvalue weighted by Crippen LogP contribution is -2.24. The van der Waals surface area contributed by atoms with Gasteiger partial charge in [0.15, 0.2) is 0 Å². The number of carbonyl (C=O) groups is 1. The summed E-state index contributed by atoms with van der Waals surface area (Å²) in [5.74, 6) is 0.157. The second kappa shape index (κ2) is 5.05. The number of amides is 1. The molecule has 0 radical (unpaired) electrons. The molecule has 1 aromatic carbocycles. The molecule has 1 aliphatic heterocycles. The van der Waals surface area contributed by atoms with Crippen molar-refractivity contribution in [2.45, 2.75) is 10.6 Å². The molecular weight excluding hydrogens is 256 g/mol. The van der Waals surface area contributed by atoms with E-state index in [1.165, 1.54) is 0 Å². The van der Waals surface area contributed by atoms with Gasteiger partial charge in [-0.3, -0.25) is 9.78 Å². The van der Waals surface area contributed by atoms with Crippen molar-refractivity contribution in [1.29, 1.82) is 0 Å². The first kappa shape index (κ1) is 12.2. The lowest BCUT2D eigenvalue weighted by molar-refractivity contribution is -0.128. The Morgan fingerprint density at radius 2 is 1.84 bits per heavy atom. The number of likely N-dealkylation sites (N-methyl/N-ethyl adjacent to an activating group) is 1. The molecule has 3 rings (SSSR count). The molecule has 1 fully saturated rings. The summed E-state index contributed by atoms with van der Waals surface area (Å²) in [7, 11) is 1.86. The van der Waals surface area contributed by atoms with E-state index in [9.17, 15) is 4.79 Å². The number of pyridine rings is 1. The second-order valence-electron chi connectivity index (χ2n) is 4.51. The summed E-state index contributed by atoms with van der Waals surface area (Å²) in [6.45, 7) is 0. The van der Waals surface area contributed by atoms with Gasteiger partial charge < -0.3 is 4.90 Å². The fourth-order valence-corrected chi connectivity index (χ4v) is 3.69. The van der Waals surface area contributed by atoms with E-state index in [-0.39, 0.29) is 16.5 Å². The van der Waals surface area contributed by atoms with Crippen LogP contribution in [0.4, 0.5) is 0 Å². The number of rotatable bonds is 2. The Hall–Kier alpha value is -1.81. The first-order chi connectivity index (χ1) is 9.27. The summed E-state index contributed by atoms with van der Waals surface area (Å²) in [5.41, 5.74) is 2.14. The van der Waals surface area contributed by atoms with E-state index in [2.05, 4.69) is 4.98 Å². The molecule has 0 aliphatic carbocycles. The van der Waals surface area contributed by atoms with Crippen molar-refractivity contribution in [1.82, 2.24) is 9.88 Å². The van der Waals surface area contributed by atoms with Crippen LogP contribution >= 0.6 is 11.8 Å². The zero-order valence-corrected chi connectivity index (χ0v) is 11.4. The van der Waals surface area contributed by atoms with Crippen LogP contribution in [0.25, 0.3) is 0 Å². The fraction of sp³-hybridized carbons (Fsp3) is 0.200. The fourth-order valence-electron chi connectivity index (χ4n) is 2.25. The van der Waals surface area contributed by atoms with Gasteiger partial charge in [-0.15, -0.1) is 11.8 Å². The molecule has 2 heterocycles. The van der Waals surface area contributed by atoms with Crippen molar-refractivity contribution in [2.24, 2.45) is 0 Å². The third kappa shape index (κ3) is 2.24. The molecule has 4 heteroatoms. The smallest absolute Gasteiger partial charge is 0.241 e. The average molecular weight is 270 g/mol. The summed E-state index contributed by atoms with van der Waals surface area (Å²) in [6, 6.07) is 13.9. The first-order valence-electron chi connectivity index (χ1n) is 6.14. The third-order valence-electron chi connectivity index (χ3n) is 3.26. The predicted octanol–water partition coefficient (Wildman–Crippen LogP) is 3.03. The lowest BCUT2D eigenvalue weighted by atomic mass is 10.1. The number of nitrogens with zero attached hydrogens (tertiary/aromatic N) is 2. The molecule has 0 N–H and O–H groups in total. The lowest BCUT2D eigenvalue weighted by Gasteiger charge is -2.18. The molecule has 1 saturated heterocycles. The summed E-state index contributed by atoms with van der Waals surface area (Å²) >= 11 is 1.67. The molecule has 0 unspecified atom stereocenters. The van der Waals surface area contributed by atoms with Crippen LogP contribution in [0.1, 0.15) is 21.8 Å². The van der Waals surface area contributed by atoms with E-state index in [1.807, 2.05) is 55.7 Å². The van der Waals surface area contributed by atoms with E-state index in [0.717, 1.165) is 11.1 Å². The molecule has 1 amide bonds. The van der Waals surface area contributed by atoms with Gasteiger partial charge in [-0.2, -0.15) is 0 Å². The summed E-state index contributed by atoms with van der Waals surface area (Å²) in [5, 5.41) is -0.0668. The number of hydrogen-bond donors (Lipinski definition) is 0. The van der Waals surface area contributed by atoms with Gasteiger partial charge >= 0.3 is 0 Å². The number of thioether (sulfide) groups is 1. The number of hydrogen-bond acceptors (Lipinski definition) is 3. The molecule has 1 aliphatic rings. The third-order valence-corrected chi connectivity index (χ3v) is 4.85. The van der Waals surface area contributed by atoms with Crippen LogP contribution in [0.2, 0.25) is 0 Å². The van der Waals surface area contributed by atoms with Crippen molar-refractivity contribution in [3.63, 3.8) is 0 Å². The maximum atomic E-state index is 12.4.